The quantitative estimate of drug-likeness (QED) is 0.769. The average molecular weight is 239 g/mol. The molecule has 0 bridgehead atoms. The van der Waals surface area contributed by atoms with E-state index in [1.807, 2.05) is 0 Å². The van der Waals surface area contributed by atoms with Gasteiger partial charge in [-0.05, 0) is 18.0 Å². The van der Waals surface area contributed by atoms with Crippen molar-refractivity contribution in [3.8, 4) is 0 Å². The van der Waals surface area contributed by atoms with E-state index in [0.717, 1.165) is 18.8 Å². The lowest BCUT2D eigenvalue weighted by Crippen LogP contribution is -2.19. The van der Waals surface area contributed by atoms with Gasteiger partial charge in [0.25, 0.3) is 5.95 Å². The molecule has 2 aliphatic rings. The SMILES string of the molecule is O=C1CSCC1c1nc(N2CCCC2)no1. The maximum Gasteiger partial charge on any atom is 0.266 e. The van der Waals surface area contributed by atoms with E-state index in [9.17, 15) is 4.79 Å². The van der Waals surface area contributed by atoms with Crippen LogP contribution in [0.25, 0.3) is 0 Å². The highest BCUT2D eigenvalue weighted by Gasteiger charge is 2.32. The third-order valence-corrected chi connectivity index (χ3v) is 4.09. The van der Waals surface area contributed by atoms with E-state index >= 15 is 0 Å². The second-order valence-electron chi connectivity index (χ2n) is 4.16. The van der Waals surface area contributed by atoms with Crippen LogP contribution < -0.4 is 4.90 Å². The van der Waals surface area contributed by atoms with Gasteiger partial charge < -0.3 is 9.42 Å². The molecular formula is C10H13N3O2S. The molecular weight excluding hydrogens is 226 g/mol. The Bertz CT molecular complexity index is 401. The lowest BCUT2D eigenvalue weighted by molar-refractivity contribution is -0.117. The smallest absolute Gasteiger partial charge is 0.266 e. The highest BCUT2D eigenvalue weighted by atomic mass is 32.2. The number of thioether (sulfide) groups is 1. The van der Waals surface area contributed by atoms with E-state index in [2.05, 4.69) is 15.0 Å². The number of carbonyl (C=O) groups is 1. The molecule has 86 valence electrons. The third-order valence-electron chi connectivity index (χ3n) is 3.04. The molecule has 1 aromatic rings. The Hall–Kier alpha value is -1.04. The second-order valence-corrected chi connectivity index (χ2v) is 5.19. The minimum absolute atomic E-state index is 0.172. The van der Waals surface area contributed by atoms with Crippen LogP contribution in [-0.4, -0.2) is 40.5 Å². The van der Waals surface area contributed by atoms with Crippen molar-refractivity contribution >= 4 is 23.5 Å². The van der Waals surface area contributed by atoms with Crippen molar-refractivity contribution in [3.63, 3.8) is 0 Å². The molecule has 3 heterocycles. The predicted octanol–water partition coefficient (Wildman–Crippen LogP) is 1.07. The van der Waals surface area contributed by atoms with Crippen LogP contribution in [0, 0.1) is 0 Å². The van der Waals surface area contributed by atoms with Crippen LogP contribution in [0.4, 0.5) is 5.95 Å². The summed E-state index contributed by atoms with van der Waals surface area (Å²) in [5, 5.41) is 3.96. The van der Waals surface area contributed by atoms with Crippen LogP contribution in [0.1, 0.15) is 24.7 Å². The Labute approximate surface area is 97.6 Å². The second kappa shape index (κ2) is 4.08. The van der Waals surface area contributed by atoms with E-state index in [4.69, 9.17) is 4.52 Å². The highest BCUT2D eigenvalue weighted by molar-refractivity contribution is 8.00. The zero-order chi connectivity index (χ0) is 11.0. The van der Waals surface area contributed by atoms with Gasteiger partial charge in [0.05, 0.1) is 5.75 Å². The maximum atomic E-state index is 11.5. The van der Waals surface area contributed by atoms with Gasteiger partial charge in [0.1, 0.15) is 5.92 Å². The van der Waals surface area contributed by atoms with E-state index < -0.39 is 0 Å². The van der Waals surface area contributed by atoms with Crippen molar-refractivity contribution in [2.45, 2.75) is 18.8 Å². The Morgan fingerprint density at radius 3 is 2.88 bits per heavy atom. The topological polar surface area (TPSA) is 59.2 Å². The molecule has 0 spiro atoms. The Balaban J connectivity index is 1.79. The van der Waals surface area contributed by atoms with E-state index in [0.29, 0.717) is 17.6 Å². The summed E-state index contributed by atoms with van der Waals surface area (Å²) in [4.78, 5) is 18.0. The lowest BCUT2D eigenvalue weighted by Gasteiger charge is -2.09. The van der Waals surface area contributed by atoms with E-state index in [-0.39, 0.29) is 11.7 Å². The van der Waals surface area contributed by atoms with Crippen LogP contribution in [0.3, 0.4) is 0 Å². The summed E-state index contributed by atoms with van der Waals surface area (Å²) in [6.45, 7) is 1.98. The van der Waals surface area contributed by atoms with Gasteiger partial charge >= 0.3 is 0 Å². The maximum absolute atomic E-state index is 11.5. The number of rotatable bonds is 2. The number of aromatic nitrogens is 2. The number of Topliss-reactive ketones (excluding diaryl/α,β-unsaturated/α-hetero) is 1. The fourth-order valence-corrected chi connectivity index (χ4v) is 3.18. The number of ketones is 1. The summed E-state index contributed by atoms with van der Waals surface area (Å²) in [6, 6.07) is 0. The van der Waals surface area contributed by atoms with Gasteiger partial charge in [-0.1, -0.05) is 0 Å². The number of anilines is 1. The fourth-order valence-electron chi connectivity index (χ4n) is 2.09. The monoisotopic (exact) mass is 239 g/mol. The van der Waals surface area contributed by atoms with Gasteiger partial charge in [0.2, 0.25) is 5.89 Å². The molecule has 0 N–H and O–H groups in total. The zero-order valence-corrected chi connectivity index (χ0v) is 9.70. The minimum Gasteiger partial charge on any atom is -0.338 e. The van der Waals surface area contributed by atoms with Crippen LogP contribution in [0.15, 0.2) is 4.52 Å². The summed E-state index contributed by atoms with van der Waals surface area (Å²) >= 11 is 1.64. The third kappa shape index (κ3) is 1.71. The van der Waals surface area contributed by atoms with Crippen molar-refractivity contribution in [2.24, 2.45) is 0 Å². The summed E-state index contributed by atoms with van der Waals surface area (Å²) < 4.78 is 5.19. The molecule has 0 aliphatic carbocycles. The highest BCUT2D eigenvalue weighted by Crippen LogP contribution is 2.29. The Morgan fingerprint density at radius 1 is 1.38 bits per heavy atom. The first kappa shape index (κ1) is 10.1. The van der Waals surface area contributed by atoms with Gasteiger partial charge in [0, 0.05) is 18.8 Å². The number of nitrogens with zero attached hydrogens (tertiary/aromatic N) is 3. The summed E-state index contributed by atoms with van der Waals surface area (Å²) in [5.41, 5.74) is 0. The average Bonchev–Trinajstić information content (AvgIpc) is 2.96. The summed E-state index contributed by atoms with van der Waals surface area (Å²) in [6.07, 6.45) is 2.37. The lowest BCUT2D eigenvalue weighted by atomic mass is 10.1. The van der Waals surface area contributed by atoms with E-state index in [1.165, 1.54) is 12.8 Å². The molecule has 3 rings (SSSR count). The van der Waals surface area contributed by atoms with Gasteiger partial charge in [-0.2, -0.15) is 16.7 Å². The molecule has 5 nitrogen and oxygen atoms in total. The molecule has 2 aliphatic heterocycles. The molecule has 16 heavy (non-hydrogen) atoms. The molecule has 1 atom stereocenters. The standard InChI is InChI=1S/C10H13N3O2S/c14-8-6-16-5-7(8)9-11-10(12-15-9)13-3-1-2-4-13/h7H,1-6H2. The van der Waals surface area contributed by atoms with Gasteiger partial charge in [0.15, 0.2) is 5.78 Å². The van der Waals surface area contributed by atoms with Crippen molar-refractivity contribution < 1.29 is 9.32 Å². The molecule has 2 saturated heterocycles. The summed E-state index contributed by atoms with van der Waals surface area (Å²) in [7, 11) is 0. The predicted molar refractivity (Wildman–Crippen MR) is 60.8 cm³/mol. The zero-order valence-electron chi connectivity index (χ0n) is 8.89. The van der Waals surface area contributed by atoms with Crippen molar-refractivity contribution in [2.75, 3.05) is 29.5 Å². The van der Waals surface area contributed by atoms with Crippen molar-refractivity contribution in [1.29, 1.82) is 0 Å². The van der Waals surface area contributed by atoms with Gasteiger partial charge in [-0.15, -0.1) is 0 Å². The number of hydrogen-bond acceptors (Lipinski definition) is 6. The minimum atomic E-state index is -0.172. The molecule has 0 aromatic carbocycles. The van der Waals surface area contributed by atoms with Crippen molar-refractivity contribution in [3.05, 3.63) is 5.89 Å². The molecule has 2 fully saturated rings. The molecule has 0 saturated carbocycles. The molecule has 6 heteroatoms. The fraction of sp³-hybridized carbons (Fsp3) is 0.700. The van der Waals surface area contributed by atoms with Gasteiger partial charge in [-0.3, -0.25) is 4.79 Å². The van der Waals surface area contributed by atoms with Crippen LogP contribution in [0.5, 0.6) is 0 Å². The molecule has 1 unspecified atom stereocenters. The largest absolute Gasteiger partial charge is 0.338 e. The Morgan fingerprint density at radius 2 is 2.19 bits per heavy atom. The van der Waals surface area contributed by atoms with Crippen LogP contribution >= 0.6 is 11.8 Å². The van der Waals surface area contributed by atoms with Crippen molar-refractivity contribution in [1.82, 2.24) is 10.1 Å². The van der Waals surface area contributed by atoms with E-state index in [1.54, 1.807) is 11.8 Å². The first-order chi connectivity index (χ1) is 7.84. The molecule has 1 aromatic heterocycles. The first-order valence-corrected chi connectivity index (χ1v) is 6.69. The van der Waals surface area contributed by atoms with Crippen LogP contribution in [0.2, 0.25) is 0 Å². The van der Waals surface area contributed by atoms with Crippen LogP contribution in [-0.2, 0) is 4.79 Å². The summed E-state index contributed by atoms with van der Waals surface area (Å²) in [5.74, 6) is 2.54. The van der Waals surface area contributed by atoms with Gasteiger partial charge in [-0.25, -0.2) is 0 Å². The Kier molecular flexibility index (Phi) is 2.59. The number of carbonyl (C=O) groups excluding carboxylic acids is 1. The molecule has 0 radical (unpaired) electrons. The number of hydrogen-bond donors (Lipinski definition) is 0. The normalized spacial score (nSPS) is 25.6. The molecule has 0 amide bonds. The first-order valence-electron chi connectivity index (χ1n) is 5.53.